The normalized spacial score (nSPS) is 27.5. The van der Waals surface area contributed by atoms with Gasteiger partial charge in [-0.3, -0.25) is 0 Å². The van der Waals surface area contributed by atoms with E-state index in [-0.39, 0.29) is 23.9 Å². The number of aliphatic hydroxyl groups is 1. The molecule has 0 bridgehead atoms. The summed E-state index contributed by atoms with van der Waals surface area (Å²) < 4.78 is 22.3. The van der Waals surface area contributed by atoms with E-state index in [0.717, 1.165) is 34.1 Å². The molecular weight excluding hydrogens is 406 g/mol. The van der Waals surface area contributed by atoms with Crippen molar-refractivity contribution >= 4 is 0 Å². The first kappa shape index (κ1) is 24.0. The number of hydrogen-bond donors (Lipinski definition) is 2. The minimum Gasteiger partial charge on any atom is -0.497 e. The minimum atomic E-state index is -1.01. The predicted molar refractivity (Wildman–Crippen MR) is 126 cm³/mol. The Bertz CT molecular complexity index is 876. The van der Waals surface area contributed by atoms with Gasteiger partial charge in [0.15, 0.2) is 0 Å². The highest BCUT2D eigenvalue weighted by Crippen LogP contribution is 2.51. The van der Waals surface area contributed by atoms with Crippen molar-refractivity contribution in [1.29, 1.82) is 0 Å². The van der Waals surface area contributed by atoms with Crippen molar-refractivity contribution in [3.8, 4) is 23.0 Å². The molecule has 2 aromatic rings. The highest BCUT2D eigenvalue weighted by Gasteiger charge is 2.51. The lowest BCUT2D eigenvalue weighted by Gasteiger charge is -2.52. The van der Waals surface area contributed by atoms with E-state index in [4.69, 9.17) is 18.9 Å². The van der Waals surface area contributed by atoms with Gasteiger partial charge in [0.1, 0.15) is 23.0 Å². The molecule has 3 rings (SSSR count). The summed E-state index contributed by atoms with van der Waals surface area (Å²) in [5, 5.41) is 15.8. The van der Waals surface area contributed by atoms with Crippen molar-refractivity contribution in [2.45, 2.75) is 38.0 Å². The van der Waals surface area contributed by atoms with Crippen molar-refractivity contribution in [3.63, 3.8) is 0 Å². The molecule has 0 spiro atoms. The van der Waals surface area contributed by atoms with Crippen LogP contribution in [0.25, 0.3) is 0 Å². The minimum absolute atomic E-state index is 0.135. The van der Waals surface area contributed by atoms with Gasteiger partial charge in [0.2, 0.25) is 0 Å². The average Bonchev–Trinajstić information content (AvgIpc) is 2.82. The number of hydrogen-bond acceptors (Lipinski definition) is 6. The van der Waals surface area contributed by atoms with Crippen LogP contribution >= 0.6 is 0 Å². The van der Waals surface area contributed by atoms with E-state index < -0.39 is 5.60 Å². The molecule has 1 aliphatic rings. The lowest BCUT2D eigenvalue weighted by atomic mass is 9.64. The van der Waals surface area contributed by atoms with E-state index in [9.17, 15) is 5.11 Å². The van der Waals surface area contributed by atoms with Crippen molar-refractivity contribution in [1.82, 2.24) is 5.32 Å². The summed E-state index contributed by atoms with van der Waals surface area (Å²) >= 11 is 0. The molecule has 2 aromatic carbocycles. The van der Waals surface area contributed by atoms with Crippen LogP contribution in [0.2, 0.25) is 0 Å². The maximum Gasteiger partial charge on any atom is 0.123 e. The van der Waals surface area contributed by atoms with Crippen LogP contribution in [0.3, 0.4) is 0 Å². The van der Waals surface area contributed by atoms with Gasteiger partial charge in [-0.2, -0.15) is 0 Å². The van der Waals surface area contributed by atoms with Gasteiger partial charge < -0.3 is 29.4 Å². The Morgan fingerprint density at radius 1 is 0.844 bits per heavy atom. The predicted octanol–water partition coefficient (Wildman–Crippen LogP) is 4.69. The molecule has 0 amide bonds. The molecule has 5 atom stereocenters. The molecule has 1 fully saturated rings. The molecular formula is C26H35NO5. The Kier molecular flexibility index (Phi) is 7.36. The molecule has 0 aromatic heterocycles. The third-order valence-electron chi connectivity index (χ3n) is 6.95. The monoisotopic (exact) mass is 441 g/mol. The topological polar surface area (TPSA) is 69.2 Å². The van der Waals surface area contributed by atoms with E-state index in [1.165, 1.54) is 0 Å². The molecule has 2 N–H and O–H groups in total. The highest BCUT2D eigenvalue weighted by molar-refractivity contribution is 5.46. The first-order valence-corrected chi connectivity index (χ1v) is 10.9. The third kappa shape index (κ3) is 4.17. The van der Waals surface area contributed by atoms with Gasteiger partial charge in [-0.15, -0.1) is 6.58 Å². The molecule has 1 unspecified atom stereocenters. The molecule has 0 saturated carbocycles. The largest absolute Gasteiger partial charge is 0.497 e. The summed E-state index contributed by atoms with van der Waals surface area (Å²) in [7, 11) is 6.59. The van der Waals surface area contributed by atoms with Gasteiger partial charge in [-0.1, -0.05) is 19.9 Å². The van der Waals surface area contributed by atoms with Crippen LogP contribution in [-0.4, -0.2) is 39.1 Å². The fraction of sp³-hybridized carbons (Fsp3) is 0.462. The molecule has 6 nitrogen and oxygen atoms in total. The van der Waals surface area contributed by atoms with Gasteiger partial charge in [-0.05, 0) is 42.8 Å². The van der Waals surface area contributed by atoms with Crippen LogP contribution in [0, 0.1) is 11.8 Å². The van der Waals surface area contributed by atoms with Crippen molar-refractivity contribution in [2.24, 2.45) is 11.8 Å². The summed E-state index contributed by atoms with van der Waals surface area (Å²) in [5.41, 5.74) is 0.853. The molecule has 1 saturated heterocycles. The average molecular weight is 442 g/mol. The maximum absolute atomic E-state index is 12.0. The Hall–Kier alpha value is -2.70. The SMILES string of the molecule is C=CCC1(O)[C@H](C)[C@H](c2cc(OC)ccc2OC)N[C@@H](c2cc(OC)ccc2OC)[C@@H]1C. The number of nitrogens with one attached hydrogen (secondary N) is 1. The van der Waals surface area contributed by atoms with Crippen LogP contribution in [0.4, 0.5) is 0 Å². The summed E-state index contributed by atoms with van der Waals surface area (Å²) in [6.07, 6.45) is 2.25. The van der Waals surface area contributed by atoms with Crippen molar-refractivity contribution in [3.05, 3.63) is 60.2 Å². The second-order valence-electron chi connectivity index (χ2n) is 8.40. The van der Waals surface area contributed by atoms with E-state index in [1.54, 1.807) is 34.5 Å². The molecule has 174 valence electrons. The number of ether oxygens (including phenoxy) is 4. The Labute approximate surface area is 191 Å². The summed E-state index contributed by atoms with van der Waals surface area (Å²) in [6, 6.07) is 11.1. The molecule has 32 heavy (non-hydrogen) atoms. The summed E-state index contributed by atoms with van der Waals surface area (Å²) in [6.45, 7) is 8.05. The van der Waals surface area contributed by atoms with Crippen LogP contribution in [0.1, 0.15) is 43.5 Å². The van der Waals surface area contributed by atoms with E-state index in [0.29, 0.717) is 6.42 Å². The van der Waals surface area contributed by atoms with E-state index >= 15 is 0 Å². The molecule has 0 radical (unpaired) electrons. The fourth-order valence-electron chi connectivity index (χ4n) is 4.96. The van der Waals surface area contributed by atoms with Gasteiger partial charge in [0.25, 0.3) is 0 Å². The first-order valence-electron chi connectivity index (χ1n) is 10.9. The summed E-state index contributed by atoms with van der Waals surface area (Å²) in [4.78, 5) is 0. The number of benzene rings is 2. The van der Waals surface area contributed by atoms with Crippen molar-refractivity contribution in [2.75, 3.05) is 28.4 Å². The second kappa shape index (κ2) is 9.84. The van der Waals surface area contributed by atoms with Crippen LogP contribution < -0.4 is 24.3 Å². The quantitative estimate of drug-likeness (QED) is 0.580. The van der Waals surface area contributed by atoms with Gasteiger partial charge >= 0.3 is 0 Å². The fourth-order valence-corrected chi connectivity index (χ4v) is 4.96. The van der Waals surface area contributed by atoms with E-state index in [2.05, 4.69) is 25.7 Å². The Balaban J connectivity index is 2.18. The van der Waals surface area contributed by atoms with Crippen LogP contribution in [-0.2, 0) is 0 Å². The zero-order valence-electron chi connectivity index (χ0n) is 19.8. The zero-order chi connectivity index (χ0) is 23.5. The molecule has 1 heterocycles. The van der Waals surface area contributed by atoms with E-state index in [1.807, 2.05) is 36.4 Å². The number of piperidine rings is 1. The standard InChI is InChI=1S/C26H35NO5/c1-8-13-26(28)16(2)24(20-14-18(29-4)9-11-22(20)31-6)27-25(17(26)3)21-15-19(30-5)10-12-23(21)32-7/h8-12,14-17,24-25,27-28H,1,13H2,2-7H3/t16-,17+,24-,25-,26?/m1/s1. The number of rotatable bonds is 8. The molecule has 0 aliphatic carbocycles. The van der Waals surface area contributed by atoms with Gasteiger partial charge in [-0.25, -0.2) is 0 Å². The molecule has 6 heteroatoms. The zero-order valence-corrected chi connectivity index (χ0v) is 19.8. The van der Waals surface area contributed by atoms with Crippen LogP contribution in [0.5, 0.6) is 23.0 Å². The molecule has 1 aliphatic heterocycles. The first-order chi connectivity index (χ1) is 15.3. The van der Waals surface area contributed by atoms with Crippen molar-refractivity contribution < 1.29 is 24.1 Å². The van der Waals surface area contributed by atoms with Gasteiger partial charge in [0, 0.05) is 35.0 Å². The third-order valence-corrected chi connectivity index (χ3v) is 6.95. The smallest absolute Gasteiger partial charge is 0.123 e. The van der Waals surface area contributed by atoms with Crippen LogP contribution in [0.15, 0.2) is 49.1 Å². The second-order valence-corrected chi connectivity index (χ2v) is 8.40. The highest BCUT2D eigenvalue weighted by atomic mass is 16.5. The maximum atomic E-state index is 12.0. The Morgan fingerprint density at radius 2 is 1.28 bits per heavy atom. The Morgan fingerprint density at radius 3 is 1.62 bits per heavy atom. The lowest BCUT2D eigenvalue weighted by molar-refractivity contribution is -0.108. The lowest BCUT2D eigenvalue weighted by Crippen LogP contribution is -2.57. The summed E-state index contributed by atoms with van der Waals surface area (Å²) in [5.74, 6) is 2.67. The van der Waals surface area contributed by atoms with Gasteiger partial charge in [0.05, 0.1) is 34.0 Å². The number of methoxy groups -OCH3 is 4.